The van der Waals surface area contributed by atoms with Crippen LogP contribution >= 0.6 is 0 Å². The van der Waals surface area contributed by atoms with Gasteiger partial charge in [-0.3, -0.25) is 14.4 Å². The molecule has 2 bridgehead atoms. The van der Waals surface area contributed by atoms with Gasteiger partial charge < -0.3 is 31.1 Å². The standard InChI is InChI=1S/C18H26N4O5/c1-11-3-4-13-9-14(11)27-8-7-20-15(24)10-19-5-6-21-18(26)16(12(2)23)22-17(13)25/h3-4,9,12,16,19,23H,5-8,10H2,1-2H3,(H,20,24)(H,21,26)(H,22,25)/t12-,16+/m1/s1. The molecular formula is C18H26N4O5. The van der Waals surface area contributed by atoms with Crippen molar-refractivity contribution in [2.75, 3.05) is 32.8 Å². The first-order valence-electron chi connectivity index (χ1n) is 8.86. The maximum absolute atomic E-state index is 12.5. The maximum atomic E-state index is 12.5. The SMILES string of the molecule is Cc1ccc2cc1OCCNC(=O)CNCCNC(=O)[C@H]([C@@H](C)O)NC2=O. The van der Waals surface area contributed by atoms with E-state index in [9.17, 15) is 19.5 Å². The number of nitrogens with one attached hydrogen (secondary N) is 4. The Morgan fingerprint density at radius 3 is 2.67 bits per heavy atom. The van der Waals surface area contributed by atoms with Gasteiger partial charge in [-0.25, -0.2) is 0 Å². The number of rotatable bonds is 1. The molecule has 0 aromatic heterocycles. The van der Waals surface area contributed by atoms with E-state index in [1.807, 2.05) is 6.92 Å². The van der Waals surface area contributed by atoms with E-state index in [0.29, 0.717) is 24.4 Å². The summed E-state index contributed by atoms with van der Waals surface area (Å²) < 4.78 is 5.65. The highest BCUT2D eigenvalue weighted by Crippen LogP contribution is 2.19. The number of hydrogen-bond donors (Lipinski definition) is 5. The van der Waals surface area contributed by atoms with E-state index in [4.69, 9.17) is 4.74 Å². The Bertz CT molecular complexity index is 692. The number of aryl methyl sites for hydroxylation is 1. The van der Waals surface area contributed by atoms with Crippen LogP contribution in [0.3, 0.4) is 0 Å². The maximum Gasteiger partial charge on any atom is 0.252 e. The summed E-state index contributed by atoms with van der Waals surface area (Å²) in [6, 6.07) is 3.83. The highest BCUT2D eigenvalue weighted by atomic mass is 16.5. The quantitative estimate of drug-likeness (QED) is 0.413. The van der Waals surface area contributed by atoms with Crippen molar-refractivity contribution < 1.29 is 24.2 Å². The Morgan fingerprint density at radius 1 is 1.15 bits per heavy atom. The van der Waals surface area contributed by atoms with Gasteiger partial charge in [0.2, 0.25) is 11.8 Å². The second-order valence-corrected chi connectivity index (χ2v) is 6.34. The van der Waals surface area contributed by atoms with Crippen LogP contribution in [0.1, 0.15) is 22.8 Å². The Labute approximate surface area is 157 Å². The third kappa shape index (κ3) is 6.22. The van der Waals surface area contributed by atoms with Crippen LogP contribution in [0.25, 0.3) is 0 Å². The van der Waals surface area contributed by atoms with Crippen molar-refractivity contribution in [1.29, 1.82) is 0 Å². The largest absolute Gasteiger partial charge is 0.491 e. The lowest BCUT2D eigenvalue weighted by Crippen LogP contribution is -2.53. The zero-order chi connectivity index (χ0) is 19.8. The molecule has 0 saturated carbocycles. The normalized spacial score (nSPS) is 21.1. The predicted molar refractivity (Wildman–Crippen MR) is 98.5 cm³/mol. The third-order valence-corrected chi connectivity index (χ3v) is 4.07. The molecule has 0 unspecified atom stereocenters. The molecule has 0 fully saturated rings. The van der Waals surface area contributed by atoms with Crippen LogP contribution in [0.2, 0.25) is 0 Å². The van der Waals surface area contributed by atoms with Crippen molar-refractivity contribution in [1.82, 2.24) is 21.3 Å². The summed E-state index contributed by atoms with van der Waals surface area (Å²) in [7, 11) is 0. The fourth-order valence-corrected chi connectivity index (χ4v) is 2.53. The minimum Gasteiger partial charge on any atom is -0.491 e. The first kappa shape index (κ1) is 20.7. The number of carbonyl (C=O) groups excluding carboxylic acids is 3. The number of hydrogen-bond acceptors (Lipinski definition) is 6. The van der Waals surface area contributed by atoms with Crippen molar-refractivity contribution in [3.8, 4) is 5.75 Å². The van der Waals surface area contributed by atoms with E-state index < -0.39 is 24.0 Å². The second-order valence-electron chi connectivity index (χ2n) is 6.34. The number of benzene rings is 1. The first-order valence-corrected chi connectivity index (χ1v) is 8.86. The topological polar surface area (TPSA) is 129 Å². The molecule has 0 saturated heterocycles. The number of fused-ring (bicyclic) bond motifs is 2. The second kappa shape index (κ2) is 9.89. The minimum atomic E-state index is -1.10. The van der Waals surface area contributed by atoms with Gasteiger partial charge in [0, 0.05) is 18.7 Å². The Kier molecular flexibility index (Phi) is 7.56. The molecule has 2 atom stereocenters. The van der Waals surface area contributed by atoms with E-state index in [-0.39, 0.29) is 25.6 Å². The highest BCUT2D eigenvalue weighted by molar-refractivity contribution is 5.98. The molecule has 0 spiro atoms. The van der Waals surface area contributed by atoms with E-state index in [1.165, 1.54) is 6.92 Å². The van der Waals surface area contributed by atoms with Crippen LogP contribution in [0.15, 0.2) is 18.2 Å². The van der Waals surface area contributed by atoms with Gasteiger partial charge in [-0.2, -0.15) is 0 Å². The number of aliphatic hydroxyl groups excluding tert-OH is 1. The minimum absolute atomic E-state index is 0.112. The fourth-order valence-electron chi connectivity index (χ4n) is 2.53. The van der Waals surface area contributed by atoms with Crippen molar-refractivity contribution in [2.24, 2.45) is 0 Å². The Morgan fingerprint density at radius 2 is 1.93 bits per heavy atom. The van der Waals surface area contributed by atoms with E-state index in [0.717, 1.165) is 5.56 Å². The molecule has 1 aliphatic rings. The number of aliphatic hydroxyl groups is 1. The summed E-state index contributed by atoms with van der Waals surface area (Å²) in [5.74, 6) is -0.662. The first-order chi connectivity index (χ1) is 12.9. The van der Waals surface area contributed by atoms with Gasteiger partial charge in [0.25, 0.3) is 5.91 Å². The summed E-state index contributed by atoms with van der Waals surface area (Å²) in [4.78, 5) is 36.5. The molecule has 3 amide bonds. The Balaban J connectivity index is 2.20. The molecule has 1 aromatic rings. The molecule has 1 heterocycles. The molecule has 0 radical (unpaired) electrons. The van der Waals surface area contributed by atoms with E-state index >= 15 is 0 Å². The van der Waals surface area contributed by atoms with Gasteiger partial charge in [0.05, 0.1) is 19.2 Å². The van der Waals surface area contributed by atoms with Crippen molar-refractivity contribution in [2.45, 2.75) is 26.0 Å². The molecule has 9 heteroatoms. The molecule has 148 valence electrons. The van der Waals surface area contributed by atoms with E-state index in [2.05, 4.69) is 21.3 Å². The third-order valence-electron chi connectivity index (χ3n) is 4.07. The molecule has 0 aliphatic carbocycles. The smallest absolute Gasteiger partial charge is 0.252 e. The van der Waals surface area contributed by atoms with E-state index in [1.54, 1.807) is 18.2 Å². The van der Waals surface area contributed by atoms with Crippen LogP contribution in [-0.4, -0.2) is 67.8 Å². The molecule has 5 N–H and O–H groups in total. The van der Waals surface area contributed by atoms with Crippen molar-refractivity contribution >= 4 is 17.7 Å². The van der Waals surface area contributed by atoms with Crippen LogP contribution in [0.5, 0.6) is 5.75 Å². The molecule has 9 nitrogen and oxygen atoms in total. The van der Waals surface area contributed by atoms with Gasteiger partial charge in [-0.05, 0) is 31.5 Å². The van der Waals surface area contributed by atoms with Crippen molar-refractivity contribution in [3.05, 3.63) is 29.3 Å². The summed E-state index contributed by atoms with van der Waals surface area (Å²) in [6.45, 7) is 4.60. The van der Waals surface area contributed by atoms with Crippen LogP contribution in [0, 0.1) is 6.92 Å². The Hall–Kier alpha value is -2.65. The van der Waals surface area contributed by atoms with Gasteiger partial charge in [-0.15, -0.1) is 0 Å². The monoisotopic (exact) mass is 378 g/mol. The molecular weight excluding hydrogens is 352 g/mol. The van der Waals surface area contributed by atoms with Gasteiger partial charge in [0.15, 0.2) is 0 Å². The van der Waals surface area contributed by atoms with Gasteiger partial charge in [-0.1, -0.05) is 6.07 Å². The average Bonchev–Trinajstić information content (AvgIpc) is 2.63. The molecule has 27 heavy (non-hydrogen) atoms. The summed E-state index contributed by atoms with van der Waals surface area (Å²) >= 11 is 0. The summed E-state index contributed by atoms with van der Waals surface area (Å²) in [5.41, 5.74) is 1.14. The highest BCUT2D eigenvalue weighted by Gasteiger charge is 2.26. The molecule has 1 aromatic carbocycles. The van der Waals surface area contributed by atoms with Gasteiger partial charge in [0.1, 0.15) is 18.4 Å². The summed E-state index contributed by atoms with van der Waals surface area (Å²) in [6.07, 6.45) is -1.07. The van der Waals surface area contributed by atoms with Crippen LogP contribution < -0.4 is 26.0 Å². The predicted octanol–water partition coefficient (Wildman–Crippen LogP) is -1.31. The lowest BCUT2D eigenvalue weighted by molar-refractivity contribution is -0.125. The lowest BCUT2D eigenvalue weighted by Gasteiger charge is -2.21. The molecule has 1 aliphatic heterocycles. The number of carbonyl (C=O) groups is 3. The zero-order valence-electron chi connectivity index (χ0n) is 15.5. The van der Waals surface area contributed by atoms with Crippen LogP contribution in [-0.2, 0) is 9.59 Å². The van der Waals surface area contributed by atoms with Crippen molar-refractivity contribution in [3.63, 3.8) is 0 Å². The fraction of sp³-hybridized carbons (Fsp3) is 0.500. The average molecular weight is 378 g/mol. The molecule has 2 rings (SSSR count). The number of amides is 3. The lowest BCUT2D eigenvalue weighted by atomic mass is 10.1. The van der Waals surface area contributed by atoms with Gasteiger partial charge >= 0.3 is 0 Å². The zero-order valence-corrected chi connectivity index (χ0v) is 15.5. The summed E-state index contributed by atoms with van der Waals surface area (Å²) in [5, 5.41) is 20.7. The van der Waals surface area contributed by atoms with Crippen LogP contribution in [0.4, 0.5) is 0 Å². The number of ether oxygens (including phenoxy) is 1.